The lowest BCUT2D eigenvalue weighted by atomic mass is 10.1. The Morgan fingerprint density at radius 2 is 0.689 bits per heavy atom. The van der Waals surface area contributed by atoms with Gasteiger partial charge < -0.3 is 9.13 Å². The summed E-state index contributed by atoms with van der Waals surface area (Å²) in [6, 6.07) is 54.6. The summed E-state index contributed by atoms with van der Waals surface area (Å²) in [6.45, 7) is 0. The first-order valence-corrected chi connectivity index (χ1v) is 15.3. The molecule has 45 heavy (non-hydrogen) atoms. The summed E-state index contributed by atoms with van der Waals surface area (Å²) >= 11 is 0. The number of fused-ring (bicyclic) bond motifs is 9. The van der Waals surface area contributed by atoms with Crippen molar-refractivity contribution in [3.8, 4) is 17.2 Å². The van der Waals surface area contributed by atoms with E-state index in [1.54, 1.807) is 0 Å². The van der Waals surface area contributed by atoms with Gasteiger partial charge in [0.15, 0.2) is 0 Å². The Kier molecular flexibility index (Phi) is 4.96. The molecule has 0 fully saturated rings. The highest BCUT2D eigenvalue weighted by Crippen LogP contribution is 2.38. The first kappa shape index (κ1) is 24.3. The maximum Gasteiger partial charge on any atom is 0.137 e. The number of pyridine rings is 1. The lowest BCUT2D eigenvalue weighted by Crippen LogP contribution is -1.97. The molecule has 10 aromatic rings. The van der Waals surface area contributed by atoms with Gasteiger partial charge in [-0.25, -0.2) is 4.98 Å². The van der Waals surface area contributed by atoms with Crippen LogP contribution in [0, 0.1) is 0 Å². The second kappa shape index (κ2) is 9.18. The summed E-state index contributed by atoms with van der Waals surface area (Å²) < 4.78 is 7.07. The van der Waals surface area contributed by atoms with E-state index in [-0.39, 0.29) is 0 Å². The smallest absolute Gasteiger partial charge is 0.137 e. The summed E-state index contributed by atoms with van der Waals surface area (Å²) in [7, 11) is 0. The molecule has 4 heterocycles. The normalized spacial score (nSPS) is 12.0. The topological polar surface area (TPSA) is 27.7 Å². The van der Waals surface area contributed by atoms with Crippen LogP contribution in [0.15, 0.2) is 158 Å². The summed E-state index contributed by atoms with van der Waals surface area (Å²) in [4.78, 5) is 4.70. The van der Waals surface area contributed by atoms with E-state index in [4.69, 9.17) is 4.98 Å². The minimum absolute atomic E-state index is 0.922. The van der Waals surface area contributed by atoms with Crippen molar-refractivity contribution in [2.24, 2.45) is 0 Å². The largest absolute Gasteiger partial charge is 0.309 e. The average Bonchev–Trinajstić information content (AvgIpc) is 3.74. The number of hydrogen-bond donors (Lipinski definition) is 0. The van der Waals surface area contributed by atoms with Crippen LogP contribution in [0.4, 0.5) is 0 Å². The standard InChI is InChI=1S/C41H26N4/c1-5-15-35-29(11-1)30-12-2-6-16-36(30)43(35)27-20-22-39-33(25-27)31-13-3-7-17-37(31)44(39)28-21-23-40-34(26-28)32-14-4-8-18-38(32)45(40)41-19-9-10-24-42-41/h1-26H. The molecule has 0 saturated heterocycles. The van der Waals surface area contributed by atoms with Crippen molar-refractivity contribution in [1.29, 1.82) is 0 Å². The van der Waals surface area contributed by atoms with Crippen molar-refractivity contribution in [3.63, 3.8) is 0 Å². The van der Waals surface area contributed by atoms with Crippen LogP contribution in [0.25, 0.3) is 82.6 Å². The van der Waals surface area contributed by atoms with Crippen molar-refractivity contribution in [3.05, 3.63) is 158 Å². The van der Waals surface area contributed by atoms with Gasteiger partial charge >= 0.3 is 0 Å². The zero-order chi connectivity index (χ0) is 29.5. The highest BCUT2D eigenvalue weighted by atomic mass is 15.1. The van der Waals surface area contributed by atoms with Gasteiger partial charge in [0.1, 0.15) is 5.82 Å². The van der Waals surface area contributed by atoms with Crippen molar-refractivity contribution in [2.45, 2.75) is 0 Å². The van der Waals surface area contributed by atoms with Gasteiger partial charge in [0.2, 0.25) is 0 Å². The van der Waals surface area contributed by atoms with E-state index >= 15 is 0 Å². The highest BCUT2D eigenvalue weighted by Gasteiger charge is 2.18. The Hall–Kier alpha value is -6.13. The maximum atomic E-state index is 4.70. The Balaban J connectivity index is 1.24. The third kappa shape index (κ3) is 3.39. The third-order valence-corrected chi connectivity index (χ3v) is 9.29. The molecule has 0 bridgehead atoms. The first-order valence-electron chi connectivity index (χ1n) is 15.3. The van der Waals surface area contributed by atoms with Crippen LogP contribution >= 0.6 is 0 Å². The van der Waals surface area contributed by atoms with Gasteiger partial charge in [-0.1, -0.05) is 78.9 Å². The molecule has 4 nitrogen and oxygen atoms in total. The van der Waals surface area contributed by atoms with Crippen LogP contribution in [0.3, 0.4) is 0 Å². The Morgan fingerprint density at radius 3 is 1.16 bits per heavy atom. The van der Waals surface area contributed by atoms with E-state index < -0.39 is 0 Å². The van der Waals surface area contributed by atoms with Crippen molar-refractivity contribution in [1.82, 2.24) is 18.7 Å². The third-order valence-electron chi connectivity index (χ3n) is 9.29. The van der Waals surface area contributed by atoms with E-state index in [2.05, 4.69) is 153 Å². The van der Waals surface area contributed by atoms with E-state index in [1.165, 1.54) is 54.4 Å². The Bertz CT molecular complexity index is 2710. The number of benzene rings is 6. The van der Waals surface area contributed by atoms with E-state index in [0.717, 1.165) is 28.2 Å². The molecule has 4 heteroatoms. The lowest BCUT2D eigenvalue weighted by Gasteiger charge is -2.11. The van der Waals surface area contributed by atoms with Gasteiger partial charge in [0, 0.05) is 49.9 Å². The first-order chi connectivity index (χ1) is 22.3. The number of hydrogen-bond acceptors (Lipinski definition) is 1. The van der Waals surface area contributed by atoms with Gasteiger partial charge in [-0.15, -0.1) is 0 Å². The molecule has 0 unspecified atom stereocenters. The fraction of sp³-hybridized carbons (Fsp3) is 0. The second-order valence-electron chi connectivity index (χ2n) is 11.7. The van der Waals surface area contributed by atoms with E-state index in [9.17, 15) is 0 Å². The van der Waals surface area contributed by atoms with E-state index in [1.807, 2.05) is 18.3 Å². The maximum absolute atomic E-state index is 4.70. The highest BCUT2D eigenvalue weighted by molar-refractivity contribution is 6.13. The molecule has 0 atom stereocenters. The molecule has 210 valence electrons. The summed E-state index contributed by atoms with van der Waals surface area (Å²) in [5, 5.41) is 7.45. The molecule has 10 rings (SSSR count). The van der Waals surface area contributed by atoms with Crippen LogP contribution in [0.2, 0.25) is 0 Å². The summed E-state index contributed by atoms with van der Waals surface area (Å²) in [5.74, 6) is 0.922. The molecule has 0 spiro atoms. The molecule has 0 amide bonds. The molecule has 0 N–H and O–H groups in total. The molecular formula is C41H26N4. The van der Waals surface area contributed by atoms with Gasteiger partial charge in [0.05, 0.1) is 33.1 Å². The minimum atomic E-state index is 0.922. The second-order valence-corrected chi connectivity index (χ2v) is 11.7. The van der Waals surface area contributed by atoms with Crippen molar-refractivity contribution >= 4 is 65.4 Å². The average molecular weight is 575 g/mol. The molecule has 0 aliphatic rings. The zero-order valence-electron chi connectivity index (χ0n) is 24.3. The van der Waals surface area contributed by atoms with Crippen LogP contribution < -0.4 is 0 Å². The molecule has 0 radical (unpaired) electrons. The molecule has 0 aliphatic carbocycles. The van der Waals surface area contributed by atoms with Gasteiger partial charge in [-0.05, 0) is 72.8 Å². The zero-order valence-corrected chi connectivity index (χ0v) is 24.3. The number of aromatic nitrogens is 4. The molecule has 0 saturated carbocycles. The SMILES string of the molecule is c1ccc(-n2c3ccccc3c3cc(-n4c5ccccc5c5cc(-n6c7ccccc7c7ccccc76)ccc54)ccc32)nc1. The Labute approximate surface area is 258 Å². The molecular weight excluding hydrogens is 548 g/mol. The van der Waals surface area contributed by atoms with Gasteiger partial charge in [-0.2, -0.15) is 0 Å². The summed E-state index contributed by atoms with van der Waals surface area (Å²) in [6.07, 6.45) is 1.86. The number of nitrogens with zero attached hydrogens (tertiary/aromatic N) is 4. The fourth-order valence-electron chi connectivity index (χ4n) is 7.41. The predicted octanol–water partition coefficient (Wildman–Crippen LogP) is 10.4. The van der Waals surface area contributed by atoms with Crippen LogP contribution in [-0.2, 0) is 0 Å². The van der Waals surface area contributed by atoms with Crippen molar-refractivity contribution in [2.75, 3.05) is 0 Å². The molecule has 0 aliphatic heterocycles. The van der Waals surface area contributed by atoms with Crippen molar-refractivity contribution < 1.29 is 0 Å². The number of para-hydroxylation sites is 4. The van der Waals surface area contributed by atoms with Gasteiger partial charge in [-0.3, -0.25) is 4.57 Å². The van der Waals surface area contributed by atoms with Crippen LogP contribution in [0.5, 0.6) is 0 Å². The van der Waals surface area contributed by atoms with Gasteiger partial charge in [0.25, 0.3) is 0 Å². The summed E-state index contributed by atoms with van der Waals surface area (Å²) in [5.41, 5.74) is 9.43. The lowest BCUT2D eigenvalue weighted by molar-refractivity contribution is 1.08. The van der Waals surface area contributed by atoms with E-state index in [0.29, 0.717) is 0 Å². The van der Waals surface area contributed by atoms with Crippen LogP contribution in [0.1, 0.15) is 0 Å². The Morgan fingerprint density at radius 1 is 0.311 bits per heavy atom. The predicted molar refractivity (Wildman–Crippen MR) is 187 cm³/mol. The molecule has 4 aromatic heterocycles. The monoisotopic (exact) mass is 574 g/mol. The minimum Gasteiger partial charge on any atom is -0.309 e. The fourth-order valence-corrected chi connectivity index (χ4v) is 7.41. The van der Waals surface area contributed by atoms with Crippen LogP contribution in [-0.4, -0.2) is 18.7 Å². The number of rotatable bonds is 3. The quantitative estimate of drug-likeness (QED) is 0.206. The molecule has 6 aromatic carbocycles.